The first-order valence-corrected chi connectivity index (χ1v) is 42.1. The predicted molar refractivity (Wildman–Crippen MR) is 403 cm³/mol. The molecule has 0 bridgehead atoms. The summed E-state index contributed by atoms with van der Waals surface area (Å²) >= 11 is 0. The monoisotopic (exact) mass is 1280 g/mol. The van der Waals surface area contributed by atoms with Gasteiger partial charge in [-0.05, 0) is 57.8 Å². The fourth-order valence-electron chi connectivity index (χ4n) is 13.6. The van der Waals surface area contributed by atoms with Crippen molar-refractivity contribution < 1.29 is 24.5 Å². The number of esters is 1. The maximum absolute atomic E-state index is 12.6. The Kier molecular flexibility index (Phi) is 79.3. The third-order valence-corrected chi connectivity index (χ3v) is 20.0. The number of carbonyl (C=O) groups excluding carboxylic acids is 2. The molecule has 0 aromatic carbocycles. The van der Waals surface area contributed by atoms with Gasteiger partial charge in [0.25, 0.3) is 0 Å². The first-order valence-electron chi connectivity index (χ1n) is 42.1. The fourth-order valence-corrected chi connectivity index (χ4v) is 13.6. The molecule has 0 aliphatic carbocycles. The summed E-state index contributed by atoms with van der Waals surface area (Å²) in [5.74, 6) is -0.0364. The number of allylic oxidation sites excluding steroid dienone is 3. The largest absolute Gasteiger partial charge is 0.466 e. The van der Waals surface area contributed by atoms with E-state index in [0.717, 1.165) is 38.5 Å². The maximum Gasteiger partial charge on any atom is 0.305 e. The predicted octanol–water partition coefficient (Wildman–Crippen LogP) is 28.0. The van der Waals surface area contributed by atoms with Gasteiger partial charge in [0.2, 0.25) is 5.91 Å². The highest BCUT2D eigenvalue weighted by Crippen LogP contribution is 2.20. The number of unbranched alkanes of at least 4 members (excludes halogenated alkanes) is 67. The Morgan fingerprint density at radius 1 is 0.297 bits per heavy atom. The van der Waals surface area contributed by atoms with Crippen LogP contribution in [0.1, 0.15) is 483 Å². The van der Waals surface area contributed by atoms with Gasteiger partial charge in [-0.3, -0.25) is 9.59 Å². The summed E-state index contributed by atoms with van der Waals surface area (Å²) in [5.41, 5.74) is 0. The number of rotatable bonds is 80. The lowest BCUT2D eigenvalue weighted by atomic mass is 10.0. The van der Waals surface area contributed by atoms with Crippen molar-refractivity contribution in [1.82, 2.24) is 5.32 Å². The van der Waals surface area contributed by atoms with Gasteiger partial charge in [0.15, 0.2) is 0 Å². The molecular weight excluding hydrogens is 1110 g/mol. The smallest absolute Gasteiger partial charge is 0.305 e. The van der Waals surface area contributed by atoms with E-state index in [1.54, 1.807) is 6.08 Å². The molecule has 1 amide bonds. The zero-order chi connectivity index (χ0) is 65.6. The molecule has 6 nitrogen and oxygen atoms in total. The van der Waals surface area contributed by atoms with Crippen LogP contribution in [0.3, 0.4) is 0 Å². The number of aliphatic hydroxyl groups is 2. The Hall–Kier alpha value is -1.66. The Bertz CT molecular complexity index is 1430. The zero-order valence-corrected chi connectivity index (χ0v) is 62.1. The van der Waals surface area contributed by atoms with E-state index in [1.807, 2.05) is 6.08 Å². The summed E-state index contributed by atoms with van der Waals surface area (Å²) < 4.78 is 5.52. The van der Waals surface area contributed by atoms with Crippen LogP contribution >= 0.6 is 0 Å². The van der Waals surface area contributed by atoms with Crippen LogP contribution < -0.4 is 5.32 Å². The lowest BCUT2D eigenvalue weighted by molar-refractivity contribution is -0.143. The minimum Gasteiger partial charge on any atom is -0.466 e. The van der Waals surface area contributed by atoms with Gasteiger partial charge >= 0.3 is 5.97 Å². The van der Waals surface area contributed by atoms with Crippen molar-refractivity contribution in [2.45, 2.75) is 495 Å². The Balaban J connectivity index is 3.37. The van der Waals surface area contributed by atoms with Crippen LogP contribution in [0.25, 0.3) is 0 Å². The van der Waals surface area contributed by atoms with E-state index >= 15 is 0 Å². The molecule has 2 atom stereocenters. The van der Waals surface area contributed by atoms with E-state index in [9.17, 15) is 19.8 Å². The summed E-state index contributed by atoms with van der Waals surface area (Å²) in [6.45, 7) is 4.97. The third-order valence-electron chi connectivity index (χ3n) is 20.0. The van der Waals surface area contributed by atoms with Crippen molar-refractivity contribution in [3.63, 3.8) is 0 Å². The molecule has 0 radical (unpaired) electrons. The van der Waals surface area contributed by atoms with Crippen molar-refractivity contribution in [2.24, 2.45) is 0 Å². The quantitative estimate of drug-likeness (QED) is 0.0320. The van der Waals surface area contributed by atoms with E-state index in [4.69, 9.17) is 4.74 Å². The lowest BCUT2D eigenvalue weighted by Gasteiger charge is -2.20. The highest BCUT2D eigenvalue weighted by atomic mass is 16.5. The Labute approximate surface area is 571 Å². The van der Waals surface area contributed by atoms with Crippen LogP contribution in [0.2, 0.25) is 0 Å². The molecule has 3 N–H and O–H groups in total. The Morgan fingerprint density at radius 2 is 0.516 bits per heavy atom. The average molecular weight is 1280 g/mol. The van der Waals surface area contributed by atoms with Gasteiger partial charge in [0.05, 0.1) is 25.4 Å². The van der Waals surface area contributed by atoms with Gasteiger partial charge in [-0.2, -0.15) is 0 Å². The van der Waals surface area contributed by atoms with Crippen molar-refractivity contribution in [3.05, 3.63) is 24.3 Å². The number of nitrogens with one attached hydrogen (secondary N) is 1. The number of amides is 1. The van der Waals surface area contributed by atoms with E-state index in [0.29, 0.717) is 19.4 Å². The first-order chi connectivity index (χ1) is 45.0. The van der Waals surface area contributed by atoms with Crippen molar-refractivity contribution in [1.29, 1.82) is 0 Å². The van der Waals surface area contributed by atoms with Crippen LogP contribution in [0, 0.1) is 0 Å². The summed E-state index contributed by atoms with van der Waals surface area (Å²) in [6, 6.07) is -0.627. The second-order valence-electron chi connectivity index (χ2n) is 29.2. The average Bonchev–Trinajstić information content (AvgIpc) is 3.75. The summed E-state index contributed by atoms with van der Waals surface area (Å²) in [5, 5.41) is 23.3. The SMILES string of the molecule is CCCCCCCCCCCCCCCCCCCCCCCCC/C=C/C(O)C(CO)NC(=O)CCCCCCCCCCCCCCCCCC/C=C\CCCCCCCCCCCCCCOC(=O)CCCCCCCCCCCCCCCCCCC. The molecule has 6 heteroatoms. The van der Waals surface area contributed by atoms with Gasteiger partial charge in [-0.1, -0.05) is 436 Å². The van der Waals surface area contributed by atoms with E-state index < -0.39 is 12.1 Å². The highest BCUT2D eigenvalue weighted by Gasteiger charge is 2.18. The van der Waals surface area contributed by atoms with Gasteiger partial charge in [0.1, 0.15) is 0 Å². The standard InChI is InChI=1S/C85H165NO5/c1-3-5-7-9-11-13-15-17-19-21-22-23-24-33-36-39-42-46-49-53-57-61-65-69-73-77-83(88)82(81-87)86-84(89)78-74-70-66-62-58-54-50-47-43-40-37-34-31-29-27-25-26-28-30-32-35-38-41-44-48-52-56-60-64-68-72-76-80-91-85(90)79-75-71-67-63-59-55-51-45-20-18-16-14-12-10-8-6-4-2/h28,30,73,77,82-83,87-88H,3-27,29,31-72,74-76,78-81H2,1-2H3,(H,86,89)/b30-28-,77-73+. The molecule has 0 saturated heterocycles. The maximum atomic E-state index is 12.6. The molecule has 2 unspecified atom stereocenters. The van der Waals surface area contributed by atoms with Crippen molar-refractivity contribution in [2.75, 3.05) is 13.2 Å². The van der Waals surface area contributed by atoms with Crippen molar-refractivity contribution >= 4 is 11.9 Å². The first kappa shape index (κ1) is 89.3. The minimum absolute atomic E-state index is 0.0232. The lowest BCUT2D eigenvalue weighted by Crippen LogP contribution is -2.45. The van der Waals surface area contributed by atoms with E-state index in [2.05, 4.69) is 31.3 Å². The Morgan fingerprint density at radius 3 is 0.780 bits per heavy atom. The van der Waals surface area contributed by atoms with Crippen LogP contribution in [0.5, 0.6) is 0 Å². The molecule has 0 aromatic rings. The molecular formula is C85H165NO5. The molecule has 0 saturated carbocycles. The van der Waals surface area contributed by atoms with Gasteiger partial charge in [-0.15, -0.1) is 0 Å². The molecule has 540 valence electrons. The normalized spacial score (nSPS) is 12.5. The number of ether oxygens (including phenoxy) is 1. The molecule has 0 aliphatic rings. The molecule has 0 spiro atoms. The molecule has 0 fully saturated rings. The minimum atomic E-state index is -0.844. The zero-order valence-electron chi connectivity index (χ0n) is 62.1. The molecule has 0 rings (SSSR count). The van der Waals surface area contributed by atoms with E-state index in [-0.39, 0.29) is 18.5 Å². The molecule has 91 heavy (non-hydrogen) atoms. The molecule has 0 heterocycles. The van der Waals surface area contributed by atoms with Crippen molar-refractivity contribution in [3.8, 4) is 0 Å². The second-order valence-corrected chi connectivity index (χ2v) is 29.2. The number of hydrogen-bond acceptors (Lipinski definition) is 5. The van der Waals surface area contributed by atoms with Gasteiger partial charge in [-0.25, -0.2) is 0 Å². The van der Waals surface area contributed by atoms with Gasteiger partial charge in [0, 0.05) is 12.8 Å². The van der Waals surface area contributed by atoms with Crippen LogP contribution in [-0.4, -0.2) is 47.4 Å². The summed E-state index contributed by atoms with van der Waals surface area (Å²) in [6.07, 6.45) is 105. The molecule has 0 aromatic heterocycles. The van der Waals surface area contributed by atoms with Crippen LogP contribution in [0.15, 0.2) is 24.3 Å². The van der Waals surface area contributed by atoms with Crippen LogP contribution in [-0.2, 0) is 14.3 Å². The number of aliphatic hydroxyl groups excluding tert-OH is 2. The second kappa shape index (κ2) is 80.8. The summed E-state index contributed by atoms with van der Waals surface area (Å²) in [4.78, 5) is 24.7. The highest BCUT2D eigenvalue weighted by molar-refractivity contribution is 5.76. The molecule has 0 aliphatic heterocycles. The number of hydrogen-bond donors (Lipinski definition) is 3. The third kappa shape index (κ3) is 77.2. The van der Waals surface area contributed by atoms with Gasteiger partial charge < -0.3 is 20.3 Å². The number of carbonyl (C=O) groups is 2. The van der Waals surface area contributed by atoms with E-state index in [1.165, 1.54) is 417 Å². The fraction of sp³-hybridized carbons (Fsp3) is 0.929. The van der Waals surface area contributed by atoms with Crippen LogP contribution in [0.4, 0.5) is 0 Å². The summed E-state index contributed by atoms with van der Waals surface area (Å²) in [7, 11) is 0. The topological polar surface area (TPSA) is 95.9 Å².